The number of aromatic nitrogens is 1. The molecular formula is C16H12N2O2. The van der Waals surface area contributed by atoms with Crippen LogP contribution in [-0.4, -0.2) is 10.9 Å². The van der Waals surface area contributed by atoms with Crippen LogP contribution in [0.25, 0.3) is 11.3 Å². The molecule has 0 amide bonds. The molecule has 0 unspecified atom stereocenters. The molecule has 98 valence electrons. The van der Waals surface area contributed by atoms with E-state index in [2.05, 4.69) is 5.16 Å². The minimum Gasteiger partial charge on any atom is -0.338 e. The van der Waals surface area contributed by atoms with E-state index in [9.17, 15) is 4.79 Å². The molecule has 4 heteroatoms. The quantitative estimate of drug-likeness (QED) is 0.714. The van der Waals surface area contributed by atoms with E-state index < -0.39 is 5.63 Å². The van der Waals surface area contributed by atoms with Gasteiger partial charge in [0.25, 0.3) is 0 Å². The van der Waals surface area contributed by atoms with Crippen molar-refractivity contribution >= 4 is 5.71 Å². The Balaban J connectivity index is 2.14. The first kappa shape index (κ1) is 12.2. The zero-order chi connectivity index (χ0) is 13.9. The van der Waals surface area contributed by atoms with Gasteiger partial charge in [-0.25, -0.2) is 9.95 Å². The van der Waals surface area contributed by atoms with E-state index in [4.69, 9.17) is 9.93 Å². The second-order valence-corrected chi connectivity index (χ2v) is 4.35. The van der Waals surface area contributed by atoms with E-state index in [0.717, 1.165) is 5.56 Å². The van der Waals surface area contributed by atoms with Crippen LogP contribution in [-0.2, 0) is 0 Å². The molecule has 3 rings (SSSR count). The maximum atomic E-state index is 11.9. The molecule has 4 nitrogen and oxygen atoms in total. The fourth-order valence-corrected chi connectivity index (χ4v) is 2.09. The maximum Gasteiger partial charge on any atom is 0.367 e. The summed E-state index contributed by atoms with van der Waals surface area (Å²) in [5.41, 5.74) is 1.90. The molecule has 0 atom stereocenters. The molecule has 3 aromatic rings. The third-order valence-electron chi connectivity index (χ3n) is 3.07. The normalized spacial score (nSPS) is 10.4. The number of aromatic amines is 1. The Morgan fingerprint density at radius 3 is 2.20 bits per heavy atom. The largest absolute Gasteiger partial charge is 0.367 e. The van der Waals surface area contributed by atoms with Gasteiger partial charge in [-0.1, -0.05) is 60.7 Å². The summed E-state index contributed by atoms with van der Waals surface area (Å²) in [7, 11) is 0. The summed E-state index contributed by atoms with van der Waals surface area (Å²) >= 11 is 0. The van der Waals surface area contributed by atoms with Gasteiger partial charge in [-0.15, -0.1) is 0 Å². The van der Waals surface area contributed by atoms with Crippen LogP contribution in [0.4, 0.5) is 0 Å². The van der Waals surface area contributed by atoms with Crippen LogP contribution >= 0.6 is 0 Å². The SMILES string of the molecule is N=C(c1ccccc1)c1c(-c2ccccc2)[nH]oc1=O. The van der Waals surface area contributed by atoms with Gasteiger partial charge in [0, 0.05) is 11.1 Å². The summed E-state index contributed by atoms with van der Waals surface area (Å²) in [6.45, 7) is 0. The van der Waals surface area contributed by atoms with E-state index >= 15 is 0 Å². The number of rotatable bonds is 3. The van der Waals surface area contributed by atoms with Crippen LogP contribution in [0.5, 0.6) is 0 Å². The van der Waals surface area contributed by atoms with Crippen molar-refractivity contribution in [2.45, 2.75) is 0 Å². The molecule has 0 aliphatic carbocycles. The third-order valence-corrected chi connectivity index (χ3v) is 3.07. The molecule has 20 heavy (non-hydrogen) atoms. The highest BCUT2D eigenvalue weighted by molar-refractivity contribution is 6.13. The Kier molecular flexibility index (Phi) is 3.05. The minimum absolute atomic E-state index is 0.152. The Morgan fingerprint density at radius 1 is 0.950 bits per heavy atom. The Hall–Kier alpha value is -2.88. The second-order valence-electron chi connectivity index (χ2n) is 4.35. The van der Waals surface area contributed by atoms with Crippen LogP contribution in [0.1, 0.15) is 11.1 Å². The predicted octanol–water partition coefficient (Wildman–Crippen LogP) is 3.05. The molecular weight excluding hydrogens is 252 g/mol. The average Bonchev–Trinajstić information content (AvgIpc) is 2.90. The van der Waals surface area contributed by atoms with Crippen molar-refractivity contribution in [1.29, 1.82) is 5.41 Å². The van der Waals surface area contributed by atoms with Gasteiger partial charge in [0.2, 0.25) is 0 Å². The molecule has 0 fully saturated rings. The van der Waals surface area contributed by atoms with Gasteiger partial charge in [0.05, 0.1) is 11.4 Å². The Morgan fingerprint density at radius 2 is 1.55 bits per heavy atom. The highest BCUT2D eigenvalue weighted by Gasteiger charge is 2.19. The van der Waals surface area contributed by atoms with Crippen molar-refractivity contribution in [3.05, 3.63) is 82.2 Å². The molecule has 2 aromatic carbocycles. The van der Waals surface area contributed by atoms with Gasteiger partial charge in [0.15, 0.2) is 0 Å². The fourth-order valence-electron chi connectivity index (χ4n) is 2.09. The highest BCUT2D eigenvalue weighted by Crippen LogP contribution is 2.21. The van der Waals surface area contributed by atoms with E-state index in [1.807, 2.05) is 48.5 Å². The minimum atomic E-state index is -0.530. The zero-order valence-electron chi connectivity index (χ0n) is 10.6. The average molecular weight is 264 g/mol. The first-order chi connectivity index (χ1) is 9.77. The lowest BCUT2D eigenvalue weighted by Crippen LogP contribution is -2.12. The molecule has 2 N–H and O–H groups in total. The molecule has 0 bridgehead atoms. The van der Waals surface area contributed by atoms with Crippen molar-refractivity contribution in [2.75, 3.05) is 0 Å². The predicted molar refractivity (Wildman–Crippen MR) is 77.1 cm³/mol. The van der Waals surface area contributed by atoms with Crippen molar-refractivity contribution in [3.63, 3.8) is 0 Å². The molecule has 0 saturated heterocycles. The van der Waals surface area contributed by atoms with E-state index in [1.165, 1.54) is 0 Å². The lowest BCUT2D eigenvalue weighted by molar-refractivity contribution is 0.393. The van der Waals surface area contributed by atoms with E-state index in [1.54, 1.807) is 12.1 Å². The van der Waals surface area contributed by atoms with Crippen LogP contribution < -0.4 is 5.63 Å². The number of H-pyrrole nitrogens is 1. The molecule has 1 aromatic heterocycles. The van der Waals surface area contributed by atoms with Gasteiger partial charge in [0.1, 0.15) is 5.56 Å². The summed E-state index contributed by atoms with van der Waals surface area (Å²) < 4.78 is 4.87. The van der Waals surface area contributed by atoms with Crippen molar-refractivity contribution in [2.24, 2.45) is 0 Å². The van der Waals surface area contributed by atoms with Crippen LogP contribution in [0.3, 0.4) is 0 Å². The molecule has 1 heterocycles. The van der Waals surface area contributed by atoms with Crippen LogP contribution in [0, 0.1) is 5.41 Å². The summed E-state index contributed by atoms with van der Waals surface area (Å²) in [5, 5.41) is 10.9. The molecule has 0 saturated carbocycles. The standard InChI is InChI=1S/C16H12N2O2/c17-14(11-7-3-1-4-8-11)13-15(18-20-16(13)19)12-9-5-2-6-10-12/h1-10,17-18H. The van der Waals surface area contributed by atoms with Gasteiger partial charge in [-0.05, 0) is 0 Å². The summed E-state index contributed by atoms with van der Waals surface area (Å²) in [6.07, 6.45) is 0. The number of nitrogens with one attached hydrogen (secondary N) is 2. The highest BCUT2D eigenvalue weighted by atomic mass is 16.5. The Labute approximate surface area is 115 Å². The van der Waals surface area contributed by atoms with Crippen molar-refractivity contribution in [1.82, 2.24) is 5.16 Å². The van der Waals surface area contributed by atoms with E-state index in [-0.39, 0.29) is 11.3 Å². The van der Waals surface area contributed by atoms with Crippen LogP contribution in [0.2, 0.25) is 0 Å². The fraction of sp³-hybridized carbons (Fsp3) is 0. The van der Waals surface area contributed by atoms with Gasteiger partial charge < -0.3 is 4.52 Å². The number of hydrogen-bond acceptors (Lipinski definition) is 3. The summed E-state index contributed by atoms with van der Waals surface area (Å²) in [5.74, 6) is 0. The topological polar surface area (TPSA) is 69.8 Å². The summed E-state index contributed by atoms with van der Waals surface area (Å²) in [4.78, 5) is 11.9. The van der Waals surface area contributed by atoms with Gasteiger partial charge >= 0.3 is 5.63 Å². The first-order valence-corrected chi connectivity index (χ1v) is 6.18. The second kappa shape index (κ2) is 5.01. The first-order valence-electron chi connectivity index (χ1n) is 6.18. The lowest BCUT2D eigenvalue weighted by atomic mass is 10.00. The van der Waals surface area contributed by atoms with E-state index in [0.29, 0.717) is 11.3 Å². The molecule has 0 aliphatic rings. The molecule has 0 radical (unpaired) electrons. The lowest BCUT2D eigenvalue weighted by Gasteiger charge is -2.03. The monoisotopic (exact) mass is 264 g/mol. The smallest absolute Gasteiger partial charge is 0.338 e. The Bertz CT molecular complexity index is 786. The number of hydrogen-bond donors (Lipinski definition) is 2. The number of benzene rings is 2. The van der Waals surface area contributed by atoms with Crippen molar-refractivity contribution < 1.29 is 4.52 Å². The van der Waals surface area contributed by atoms with Crippen LogP contribution in [0.15, 0.2) is 70.0 Å². The van der Waals surface area contributed by atoms with Crippen molar-refractivity contribution in [3.8, 4) is 11.3 Å². The summed E-state index contributed by atoms with van der Waals surface area (Å²) in [6, 6.07) is 18.5. The third kappa shape index (κ3) is 2.07. The van der Waals surface area contributed by atoms with Gasteiger partial charge in [-0.2, -0.15) is 0 Å². The molecule has 0 spiro atoms. The zero-order valence-corrected chi connectivity index (χ0v) is 10.6. The molecule has 0 aliphatic heterocycles. The van der Waals surface area contributed by atoms with Gasteiger partial charge in [-0.3, -0.25) is 5.41 Å². The maximum absolute atomic E-state index is 11.9.